The summed E-state index contributed by atoms with van der Waals surface area (Å²) in [6, 6.07) is 13.6. The monoisotopic (exact) mass is 368 g/mol. The minimum Gasteiger partial charge on any atom is -0.477 e. The Labute approximate surface area is 156 Å². The van der Waals surface area contributed by atoms with Gasteiger partial charge in [-0.05, 0) is 36.4 Å². The van der Waals surface area contributed by atoms with Crippen LogP contribution in [0.1, 0.15) is 10.4 Å². The summed E-state index contributed by atoms with van der Waals surface area (Å²) in [7, 11) is 1.54. The van der Waals surface area contributed by atoms with Gasteiger partial charge in [-0.15, -0.1) is 0 Å². The number of nitrogens with one attached hydrogen (secondary N) is 2. The van der Waals surface area contributed by atoms with Gasteiger partial charge in [0, 0.05) is 18.3 Å². The Morgan fingerprint density at radius 2 is 1.85 bits per heavy atom. The fraction of sp³-hybridized carbons (Fsp3) is 0.211. The number of para-hydroxylation sites is 2. The summed E-state index contributed by atoms with van der Waals surface area (Å²) >= 11 is 0. The first kappa shape index (κ1) is 18.2. The summed E-state index contributed by atoms with van der Waals surface area (Å²) in [5, 5.41) is 5.33. The molecule has 1 heterocycles. The van der Waals surface area contributed by atoms with Gasteiger partial charge in [-0.25, -0.2) is 0 Å². The van der Waals surface area contributed by atoms with Crippen molar-refractivity contribution in [2.45, 2.75) is 6.10 Å². The number of primary amides is 1. The molecule has 0 saturated heterocycles. The highest BCUT2D eigenvalue weighted by Crippen LogP contribution is 2.32. The van der Waals surface area contributed by atoms with Gasteiger partial charge in [0.15, 0.2) is 6.10 Å². The van der Waals surface area contributed by atoms with E-state index in [1.165, 1.54) is 0 Å². The summed E-state index contributed by atoms with van der Waals surface area (Å²) < 4.78 is 5.72. The molecular weight excluding hydrogens is 348 g/mol. The van der Waals surface area contributed by atoms with Crippen LogP contribution in [-0.2, 0) is 9.59 Å². The summed E-state index contributed by atoms with van der Waals surface area (Å²) in [6.45, 7) is 0.302. The molecule has 8 heteroatoms. The number of likely N-dealkylation sites (N-methyl/N-ethyl adjacent to an activating group) is 1. The number of carbonyl (C=O) groups excluding carboxylic acids is 3. The molecule has 0 saturated carbocycles. The molecule has 2 aromatic carbocycles. The highest BCUT2D eigenvalue weighted by molar-refractivity contribution is 5.96. The molecule has 2 aromatic rings. The van der Waals surface area contributed by atoms with Gasteiger partial charge in [-0.1, -0.05) is 12.1 Å². The lowest BCUT2D eigenvalue weighted by atomic mass is 10.1. The summed E-state index contributed by atoms with van der Waals surface area (Å²) in [5.41, 5.74) is 6.87. The second-order valence-electron chi connectivity index (χ2n) is 6.06. The second kappa shape index (κ2) is 7.77. The van der Waals surface area contributed by atoms with Crippen LogP contribution in [0.3, 0.4) is 0 Å². The molecule has 0 fully saturated rings. The maximum atomic E-state index is 12.5. The smallest absolute Gasteiger partial charge is 0.262 e. The Bertz CT molecular complexity index is 866. The average molecular weight is 368 g/mol. The molecule has 0 aromatic heterocycles. The Morgan fingerprint density at radius 3 is 2.52 bits per heavy atom. The van der Waals surface area contributed by atoms with Crippen molar-refractivity contribution in [3.05, 3.63) is 54.1 Å². The molecule has 0 radical (unpaired) electrons. The van der Waals surface area contributed by atoms with Crippen LogP contribution in [0.5, 0.6) is 5.75 Å². The number of rotatable bonds is 5. The van der Waals surface area contributed by atoms with Crippen molar-refractivity contribution in [3.63, 3.8) is 0 Å². The quantitative estimate of drug-likeness (QED) is 0.720. The molecule has 3 rings (SSSR count). The number of amides is 3. The maximum Gasteiger partial charge on any atom is 0.262 e. The zero-order valence-electron chi connectivity index (χ0n) is 14.8. The van der Waals surface area contributed by atoms with Crippen LogP contribution >= 0.6 is 0 Å². The first-order chi connectivity index (χ1) is 13.0. The molecule has 0 spiro atoms. The van der Waals surface area contributed by atoms with E-state index in [4.69, 9.17) is 10.5 Å². The van der Waals surface area contributed by atoms with Gasteiger partial charge < -0.3 is 26.0 Å². The van der Waals surface area contributed by atoms with E-state index in [1.807, 2.05) is 18.2 Å². The largest absolute Gasteiger partial charge is 0.477 e. The molecule has 1 aliphatic heterocycles. The predicted molar refractivity (Wildman–Crippen MR) is 101 cm³/mol. The fourth-order valence-electron chi connectivity index (χ4n) is 2.85. The molecule has 140 valence electrons. The highest BCUT2D eigenvalue weighted by atomic mass is 16.5. The zero-order valence-corrected chi connectivity index (χ0v) is 14.8. The number of ether oxygens (including phenoxy) is 1. The second-order valence-corrected chi connectivity index (χ2v) is 6.06. The molecule has 27 heavy (non-hydrogen) atoms. The molecular formula is C19H20N4O4. The summed E-state index contributed by atoms with van der Waals surface area (Å²) in [6.07, 6.45) is -0.701. The van der Waals surface area contributed by atoms with E-state index < -0.39 is 12.0 Å². The van der Waals surface area contributed by atoms with Crippen LogP contribution in [0.4, 0.5) is 11.4 Å². The van der Waals surface area contributed by atoms with Crippen molar-refractivity contribution in [3.8, 4) is 5.75 Å². The topological polar surface area (TPSA) is 114 Å². The summed E-state index contributed by atoms with van der Waals surface area (Å²) in [4.78, 5) is 37.4. The Hall–Kier alpha value is -3.55. The first-order valence-electron chi connectivity index (χ1n) is 8.40. The third-order valence-electron chi connectivity index (χ3n) is 4.19. The van der Waals surface area contributed by atoms with Gasteiger partial charge >= 0.3 is 0 Å². The Morgan fingerprint density at radius 1 is 1.15 bits per heavy atom. The molecule has 1 aliphatic rings. The first-order valence-corrected chi connectivity index (χ1v) is 8.40. The van der Waals surface area contributed by atoms with Crippen LogP contribution in [-0.4, -0.2) is 44.0 Å². The predicted octanol–water partition coefficient (Wildman–Crippen LogP) is 0.738. The molecule has 3 amide bonds. The third kappa shape index (κ3) is 4.17. The lowest BCUT2D eigenvalue weighted by molar-refractivity contribution is -0.127. The maximum absolute atomic E-state index is 12.5. The number of nitrogens with two attached hydrogens (primary N) is 1. The van der Waals surface area contributed by atoms with Crippen molar-refractivity contribution < 1.29 is 19.1 Å². The number of benzene rings is 2. The van der Waals surface area contributed by atoms with Gasteiger partial charge in [-0.2, -0.15) is 0 Å². The number of anilines is 2. The van der Waals surface area contributed by atoms with Gasteiger partial charge in [0.05, 0.1) is 18.8 Å². The van der Waals surface area contributed by atoms with Gasteiger partial charge in [0.1, 0.15) is 5.75 Å². The van der Waals surface area contributed by atoms with Crippen LogP contribution in [0.25, 0.3) is 0 Å². The van der Waals surface area contributed by atoms with Crippen LogP contribution in [0.15, 0.2) is 48.5 Å². The fourth-order valence-corrected chi connectivity index (χ4v) is 2.85. The van der Waals surface area contributed by atoms with Crippen molar-refractivity contribution in [1.82, 2.24) is 5.32 Å². The molecule has 0 bridgehead atoms. The van der Waals surface area contributed by atoms with Crippen LogP contribution in [0, 0.1) is 0 Å². The summed E-state index contributed by atoms with van der Waals surface area (Å²) in [5.74, 6) is -0.486. The lowest BCUT2D eigenvalue weighted by Gasteiger charge is -2.34. The Kier molecular flexibility index (Phi) is 5.25. The zero-order chi connectivity index (χ0) is 19.4. The van der Waals surface area contributed by atoms with Crippen molar-refractivity contribution in [1.29, 1.82) is 0 Å². The van der Waals surface area contributed by atoms with Gasteiger partial charge in [0.25, 0.3) is 5.91 Å². The van der Waals surface area contributed by atoms with Crippen LogP contribution < -0.4 is 26.0 Å². The number of carbonyl (C=O) groups is 3. The molecule has 1 atom stereocenters. The number of hydrogen-bond acceptors (Lipinski definition) is 5. The minimum absolute atomic E-state index is 0.0471. The van der Waals surface area contributed by atoms with E-state index in [0.29, 0.717) is 17.0 Å². The van der Waals surface area contributed by atoms with Crippen molar-refractivity contribution >= 4 is 29.1 Å². The van der Waals surface area contributed by atoms with E-state index in [0.717, 1.165) is 5.69 Å². The molecule has 8 nitrogen and oxygen atoms in total. The van der Waals surface area contributed by atoms with Crippen molar-refractivity contribution in [2.24, 2.45) is 5.73 Å². The number of fused-ring (bicyclic) bond motifs is 1. The van der Waals surface area contributed by atoms with E-state index in [2.05, 4.69) is 10.6 Å². The van der Waals surface area contributed by atoms with E-state index in [9.17, 15) is 14.4 Å². The number of hydrogen-bond donors (Lipinski definition) is 3. The molecule has 0 aliphatic carbocycles. The van der Waals surface area contributed by atoms with Crippen molar-refractivity contribution in [2.75, 3.05) is 30.4 Å². The normalized spacial score (nSPS) is 15.3. The number of nitrogens with zero attached hydrogens (tertiary/aromatic N) is 1. The van der Waals surface area contributed by atoms with Gasteiger partial charge in [-0.3, -0.25) is 14.4 Å². The highest BCUT2D eigenvalue weighted by Gasteiger charge is 2.30. The third-order valence-corrected chi connectivity index (χ3v) is 4.19. The molecule has 0 unspecified atom stereocenters. The standard InChI is InChI=1S/C19H20N4O4/c1-21-19(26)16-10-23(14-4-2-3-5-15(14)27-16)11-17(24)22-13-8-6-12(7-9-13)18(20)25/h2-9,16H,10-11H2,1H3,(H2,20,25)(H,21,26)(H,22,24)/t16-/m1/s1. The average Bonchev–Trinajstić information content (AvgIpc) is 2.67. The SMILES string of the molecule is CNC(=O)[C@H]1CN(CC(=O)Nc2ccc(C(N)=O)cc2)c2ccccc2O1. The van der Waals surface area contributed by atoms with E-state index in [-0.39, 0.29) is 24.9 Å². The lowest BCUT2D eigenvalue weighted by Crippen LogP contribution is -2.50. The van der Waals surface area contributed by atoms with Gasteiger partial charge in [0.2, 0.25) is 11.8 Å². The van der Waals surface area contributed by atoms with Crippen LogP contribution in [0.2, 0.25) is 0 Å². The minimum atomic E-state index is -0.701. The van der Waals surface area contributed by atoms with E-state index >= 15 is 0 Å². The Balaban J connectivity index is 1.72. The van der Waals surface area contributed by atoms with E-state index in [1.54, 1.807) is 42.3 Å². The molecule has 4 N–H and O–H groups in total.